The molecule has 4 aromatic carbocycles. The lowest BCUT2D eigenvalue weighted by molar-refractivity contribution is 0.585. The van der Waals surface area contributed by atoms with E-state index in [9.17, 15) is 0 Å². The molecule has 0 radical (unpaired) electrons. The molecule has 0 saturated heterocycles. The van der Waals surface area contributed by atoms with E-state index in [1.54, 1.807) is 0 Å². The molecule has 1 atom stereocenters. The molecule has 0 saturated carbocycles. The molecule has 2 aliphatic rings. The molecule has 2 heteroatoms. The van der Waals surface area contributed by atoms with Crippen molar-refractivity contribution in [2.45, 2.75) is 133 Å². The summed E-state index contributed by atoms with van der Waals surface area (Å²) in [5.41, 5.74) is 26.0. The second-order valence-corrected chi connectivity index (χ2v) is 24.9. The second kappa shape index (κ2) is 13.4. The smallest absolute Gasteiger partial charge is 0.161 e. The first-order chi connectivity index (χ1) is 23.0. The van der Waals surface area contributed by atoms with Crippen molar-refractivity contribution in [2.75, 3.05) is 0 Å². The van der Waals surface area contributed by atoms with Crippen LogP contribution in [0.25, 0.3) is 34.4 Å². The molecule has 0 aliphatic heterocycles. The van der Waals surface area contributed by atoms with Crippen LogP contribution < -0.4 is 0 Å². The minimum atomic E-state index is -1.88. The third-order valence-corrected chi connectivity index (χ3v) is 13.5. The Labute approximate surface area is 310 Å². The molecule has 0 fully saturated rings. The molecular formula is C48H61ClSi. The Morgan fingerprint density at radius 2 is 1.02 bits per heavy atom. The predicted molar refractivity (Wildman–Crippen MR) is 227 cm³/mol. The van der Waals surface area contributed by atoms with Gasteiger partial charge in [-0.15, -0.1) is 0 Å². The normalized spacial score (nSPS) is 15.7. The van der Waals surface area contributed by atoms with Crippen molar-refractivity contribution in [3.05, 3.63) is 126 Å². The first kappa shape index (κ1) is 38.1. The van der Waals surface area contributed by atoms with Crippen LogP contribution in [0.5, 0.6) is 0 Å². The summed E-state index contributed by atoms with van der Waals surface area (Å²) in [6.45, 7) is 36.4. The third kappa shape index (κ3) is 7.56. The van der Waals surface area contributed by atoms with Gasteiger partial charge in [-0.3, -0.25) is 0 Å². The highest BCUT2D eigenvalue weighted by atomic mass is 35.6. The maximum atomic E-state index is 7.02. The quantitative estimate of drug-likeness (QED) is 0.147. The first-order valence-corrected chi connectivity index (χ1v) is 22.6. The Hall–Kier alpha value is -3.13. The van der Waals surface area contributed by atoms with Crippen molar-refractivity contribution in [1.82, 2.24) is 0 Å². The Balaban J connectivity index is 0.000000197. The van der Waals surface area contributed by atoms with E-state index in [1.807, 2.05) is 0 Å². The molecule has 0 amide bonds. The maximum Gasteiger partial charge on any atom is 0.161 e. The summed E-state index contributed by atoms with van der Waals surface area (Å²) in [5, 5.41) is 0. The minimum absolute atomic E-state index is 0.103. The Morgan fingerprint density at radius 1 is 0.580 bits per heavy atom. The van der Waals surface area contributed by atoms with Crippen molar-refractivity contribution in [3.8, 4) is 22.3 Å². The summed E-state index contributed by atoms with van der Waals surface area (Å²) >= 11 is 7.02. The number of allylic oxidation sites excluding steroid dienone is 2. The molecule has 0 heterocycles. The number of aryl methyl sites for hydroxylation is 4. The zero-order chi connectivity index (χ0) is 37.2. The van der Waals surface area contributed by atoms with Crippen LogP contribution in [0.3, 0.4) is 0 Å². The van der Waals surface area contributed by atoms with Gasteiger partial charge in [0.1, 0.15) is 0 Å². The largest absolute Gasteiger partial charge is 0.167 e. The van der Waals surface area contributed by atoms with E-state index in [-0.39, 0.29) is 10.8 Å². The second-order valence-electron chi connectivity index (χ2n) is 18.2. The van der Waals surface area contributed by atoms with Gasteiger partial charge in [-0.05, 0) is 139 Å². The molecule has 4 aromatic rings. The van der Waals surface area contributed by atoms with Gasteiger partial charge in [0.15, 0.2) is 7.38 Å². The van der Waals surface area contributed by atoms with E-state index in [0.717, 1.165) is 6.42 Å². The number of rotatable bonds is 3. The fraction of sp³-hybridized carbons (Fsp3) is 0.417. The highest BCUT2D eigenvalue weighted by molar-refractivity contribution is 7.20. The summed E-state index contributed by atoms with van der Waals surface area (Å²) in [6, 6.07) is 18.8. The standard InChI is InChI=1S/C25H33ClSi.C23H28/c1-15-10-16(2)12-19(11-15)23-18(4)22(25(5,6)7)14-21-20(23)13-17(3)24(21)27(8,9)26;1-14-8-15(2)11-19(10-14)22-17(4)21(23(5,6)7)13-18-9-16(3)12-20(18)22/h10-14,24H,1-9H3;8-11,13H,12H2,1-7H3. The van der Waals surface area contributed by atoms with Gasteiger partial charge in [-0.1, -0.05) is 149 Å². The number of benzene rings is 4. The van der Waals surface area contributed by atoms with E-state index in [4.69, 9.17) is 11.1 Å². The molecule has 0 spiro atoms. The van der Waals surface area contributed by atoms with Gasteiger partial charge in [0, 0.05) is 5.54 Å². The number of hydrogen-bond donors (Lipinski definition) is 0. The van der Waals surface area contributed by atoms with Crippen molar-refractivity contribution in [2.24, 2.45) is 0 Å². The van der Waals surface area contributed by atoms with Crippen LogP contribution in [-0.2, 0) is 17.3 Å². The van der Waals surface area contributed by atoms with E-state index in [1.165, 1.54) is 100 Å². The molecule has 2 aliphatic carbocycles. The van der Waals surface area contributed by atoms with Gasteiger partial charge >= 0.3 is 0 Å². The van der Waals surface area contributed by atoms with Crippen LogP contribution in [0, 0.1) is 41.5 Å². The molecular weight excluding hydrogens is 640 g/mol. The molecule has 264 valence electrons. The molecule has 1 unspecified atom stereocenters. The highest BCUT2D eigenvalue weighted by Crippen LogP contribution is 2.50. The van der Waals surface area contributed by atoms with E-state index < -0.39 is 7.38 Å². The Kier molecular flexibility index (Phi) is 10.2. The zero-order valence-corrected chi connectivity index (χ0v) is 35.7. The average molecular weight is 702 g/mol. The Bertz CT molecular complexity index is 2010. The van der Waals surface area contributed by atoms with Crippen LogP contribution in [0.1, 0.15) is 128 Å². The molecule has 0 aromatic heterocycles. The van der Waals surface area contributed by atoms with Crippen LogP contribution in [0.4, 0.5) is 0 Å². The van der Waals surface area contributed by atoms with E-state index in [2.05, 4.69) is 171 Å². The van der Waals surface area contributed by atoms with Crippen molar-refractivity contribution in [1.29, 1.82) is 0 Å². The number of hydrogen-bond acceptors (Lipinski definition) is 0. The lowest BCUT2D eigenvalue weighted by atomic mass is 9.78. The number of fused-ring (bicyclic) bond motifs is 2. The van der Waals surface area contributed by atoms with Crippen LogP contribution in [0.15, 0.2) is 59.7 Å². The topological polar surface area (TPSA) is 0 Å². The zero-order valence-electron chi connectivity index (χ0n) is 33.9. The van der Waals surface area contributed by atoms with Crippen molar-refractivity contribution < 1.29 is 0 Å². The summed E-state index contributed by atoms with van der Waals surface area (Å²) in [6.07, 6.45) is 5.86. The van der Waals surface area contributed by atoms with Gasteiger partial charge in [0.25, 0.3) is 0 Å². The van der Waals surface area contributed by atoms with E-state index in [0.29, 0.717) is 5.54 Å². The van der Waals surface area contributed by atoms with Gasteiger partial charge in [-0.2, -0.15) is 11.1 Å². The lowest BCUT2D eigenvalue weighted by Gasteiger charge is -2.30. The summed E-state index contributed by atoms with van der Waals surface area (Å²) in [5.74, 6) is 0. The van der Waals surface area contributed by atoms with Crippen LogP contribution in [-0.4, -0.2) is 7.38 Å². The van der Waals surface area contributed by atoms with Gasteiger partial charge < -0.3 is 0 Å². The fourth-order valence-corrected chi connectivity index (χ4v) is 12.0. The predicted octanol–water partition coefficient (Wildman–Crippen LogP) is 14.6. The van der Waals surface area contributed by atoms with Crippen LogP contribution in [0.2, 0.25) is 13.1 Å². The summed E-state index contributed by atoms with van der Waals surface area (Å²) in [7, 11) is -1.88. The fourth-order valence-electron chi connectivity index (χ4n) is 9.01. The summed E-state index contributed by atoms with van der Waals surface area (Å²) in [4.78, 5) is 0. The third-order valence-electron chi connectivity index (χ3n) is 10.7. The minimum Gasteiger partial charge on any atom is -0.167 e. The van der Waals surface area contributed by atoms with E-state index >= 15 is 0 Å². The highest BCUT2D eigenvalue weighted by Gasteiger charge is 2.39. The Morgan fingerprint density at radius 3 is 1.48 bits per heavy atom. The maximum absolute atomic E-state index is 7.02. The van der Waals surface area contributed by atoms with Gasteiger partial charge in [0.2, 0.25) is 0 Å². The molecule has 6 rings (SSSR count). The van der Waals surface area contributed by atoms with Crippen molar-refractivity contribution >= 4 is 30.6 Å². The van der Waals surface area contributed by atoms with Gasteiger partial charge in [-0.25, -0.2) is 0 Å². The monoisotopic (exact) mass is 700 g/mol. The first-order valence-electron chi connectivity index (χ1n) is 18.5. The number of halogens is 1. The summed E-state index contributed by atoms with van der Waals surface area (Å²) < 4.78 is 0. The van der Waals surface area contributed by atoms with Crippen LogP contribution >= 0.6 is 11.1 Å². The van der Waals surface area contributed by atoms with Crippen molar-refractivity contribution in [3.63, 3.8) is 0 Å². The molecule has 0 N–H and O–H groups in total. The van der Waals surface area contributed by atoms with Gasteiger partial charge in [0.05, 0.1) is 0 Å². The molecule has 0 nitrogen and oxygen atoms in total. The average Bonchev–Trinajstić information content (AvgIpc) is 3.48. The molecule has 0 bridgehead atoms. The SMILES string of the molecule is CC1=Cc2c(cc(C(C)(C)C)c(C)c2-c2cc(C)cc(C)c2)C1[Si](C)(C)Cl.CC1=Cc2cc(C(C)(C)C)c(C)c(-c3cc(C)cc(C)c3)c2C1. The lowest BCUT2D eigenvalue weighted by Crippen LogP contribution is -2.28. The molecule has 50 heavy (non-hydrogen) atoms.